The van der Waals surface area contributed by atoms with Crippen LogP contribution < -0.4 is 0 Å². The molecule has 0 spiro atoms. The van der Waals surface area contributed by atoms with Gasteiger partial charge in [-0.15, -0.1) is 0 Å². The summed E-state index contributed by atoms with van der Waals surface area (Å²) >= 11 is 0. The first-order valence-electron chi connectivity index (χ1n) is 6.90. The second-order valence-electron chi connectivity index (χ2n) is 5.17. The Morgan fingerprint density at radius 2 is 1.55 bits per heavy atom. The smallest absolute Gasteiger partial charge is 0.186 e. The summed E-state index contributed by atoms with van der Waals surface area (Å²) in [6.45, 7) is -1.55. The second-order valence-corrected chi connectivity index (χ2v) is 5.17. The Balaban J connectivity index is 2.52. The van der Waals surface area contributed by atoms with E-state index in [1.54, 1.807) is 0 Å². The molecular weight excluding hydrogens is 304 g/mol. The highest BCUT2D eigenvalue weighted by atomic mass is 16.7. The van der Waals surface area contributed by atoms with Crippen LogP contribution >= 0.6 is 0 Å². The molecule has 1 aliphatic heterocycles. The number of hydrogen-bond acceptors (Lipinski definition) is 10. The summed E-state index contributed by atoms with van der Waals surface area (Å²) in [4.78, 5) is 0. The molecule has 0 amide bonds. The molecule has 0 aromatic heterocycles. The Morgan fingerprint density at radius 1 is 0.909 bits per heavy atom. The van der Waals surface area contributed by atoms with Crippen molar-refractivity contribution in [2.24, 2.45) is 0 Å². The Labute approximate surface area is 126 Å². The topological polar surface area (TPSA) is 180 Å². The minimum Gasteiger partial charge on any atom is -0.396 e. The SMILES string of the molecule is OCC[C@@H](O)[C@H](O)C(O)CO[C@@H]1OC(CO)[C@@H](O)[C@H](O)C1O. The van der Waals surface area contributed by atoms with Gasteiger partial charge in [-0.05, 0) is 6.42 Å². The number of hydrogen-bond donors (Lipinski definition) is 8. The molecule has 8 atom stereocenters. The summed E-state index contributed by atoms with van der Waals surface area (Å²) in [6, 6.07) is 0. The van der Waals surface area contributed by atoms with Crippen molar-refractivity contribution < 1.29 is 50.3 Å². The fourth-order valence-corrected chi connectivity index (χ4v) is 2.06. The lowest BCUT2D eigenvalue weighted by atomic mass is 9.99. The zero-order valence-electron chi connectivity index (χ0n) is 11.8. The number of aliphatic hydroxyl groups excluding tert-OH is 8. The summed E-state index contributed by atoms with van der Waals surface area (Å²) in [5, 5.41) is 75.1. The van der Waals surface area contributed by atoms with Gasteiger partial charge in [0.25, 0.3) is 0 Å². The molecule has 0 aromatic carbocycles. The van der Waals surface area contributed by atoms with Crippen molar-refractivity contribution in [3.05, 3.63) is 0 Å². The standard InChI is InChI=1S/C12H24O10/c13-2-1-5(15)8(17)6(16)4-21-12-11(20)10(19)9(18)7(3-14)22-12/h5-20H,1-4H2/t5-,6?,7?,8+,9-,10+,11?,12-/m1/s1. The van der Waals surface area contributed by atoms with Gasteiger partial charge in [0.05, 0.1) is 19.3 Å². The summed E-state index contributed by atoms with van der Waals surface area (Å²) < 4.78 is 10.1. The maximum absolute atomic E-state index is 9.70. The van der Waals surface area contributed by atoms with Crippen LogP contribution in [0.1, 0.15) is 6.42 Å². The van der Waals surface area contributed by atoms with Gasteiger partial charge in [-0.25, -0.2) is 0 Å². The van der Waals surface area contributed by atoms with Crippen molar-refractivity contribution in [2.75, 3.05) is 19.8 Å². The van der Waals surface area contributed by atoms with Gasteiger partial charge in [-0.1, -0.05) is 0 Å². The molecule has 0 saturated carbocycles. The van der Waals surface area contributed by atoms with Crippen LogP contribution in [0, 0.1) is 0 Å². The Hall–Kier alpha value is -0.400. The molecule has 1 fully saturated rings. The zero-order valence-corrected chi connectivity index (χ0v) is 11.8. The minimum atomic E-state index is -1.62. The molecule has 1 heterocycles. The maximum Gasteiger partial charge on any atom is 0.186 e. The van der Waals surface area contributed by atoms with Crippen molar-refractivity contribution >= 4 is 0 Å². The summed E-state index contributed by atoms with van der Waals surface area (Å²) in [5.74, 6) is 0. The molecular formula is C12H24O10. The molecule has 10 nitrogen and oxygen atoms in total. The quantitative estimate of drug-likeness (QED) is 0.215. The van der Waals surface area contributed by atoms with E-state index in [-0.39, 0.29) is 13.0 Å². The largest absolute Gasteiger partial charge is 0.396 e. The average molecular weight is 328 g/mol. The maximum atomic E-state index is 9.70. The molecule has 22 heavy (non-hydrogen) atoms. The highest BCUT2D eigenvalue weighted by molar-refractivity contribution is 4.89. The third-order valence-electron chi connectivity index (χ3n) is 3.49. The van der Waals surface area contributed by atoms with Crippen molar-refractivity contribution in [1.29, 1.82) is 0 Å². The van der Waals surface area contributed by atoms with Crippen LogP contribution in [-0.4, -0.2) is 110 Å². The van der Waals surface area contributed by atoms with Crippen LogP contribution in [0.25, 0.3) is 0 Å². The van der Waals surface area contributed by atoms with Crippen molar-refractivity contribution in [2.45, 2.75) is 55.4 Å². The highest BCUT2D eigenvalue weighted by Crippen LogP contribution is 2.22. The van der Waals surface area contributed by atoms with Gasteiger partial charge in [-0.2, -0.15) is 0 Å². The normalized spacial score (nSPS) is 36.8. The van der Waals surface area contributed by atoms with E-state index in [4.69, 9.17) is 19.7 Å². The van der Waals surface area contributed by atoms with Crippen LogP contribution in [0.15, 0.2) is 0 Å². The minimum absolute atomic E-state index is 0.141. The van der Waals surface area contributed by atoms with Crippen molar-refractivity contribution in [1.82, 2.24) is 0 Å². The van der Waals surface area contributed by atoms with Gasteiger partial charge < -0.3 is 50.3 Å². The van der Waals surface area contributed by atoms with Crippen LogP contribution in [0.4, 0.5) is 0 Å². The lowest BCUT2D eigenvalue weighted by Gasteiger charge is -2.40. The van der Waals surface area contributed by atoms with Gasteiger partial charge >= 0.3 is 0 Å². The molecule has 1 saturated heterocycles. The first-order valence-corrected chi connectivity index (χ1v) is 6.90. The Kier molecular flexibility index (Phi) is 8.07. The number of aliphatic hydroxyl groups is 8. The fraction of sp³-hybridized carbons (Fsp3) is 1.00. The van der Waals surface area contributed by atoms with Crippen molar-refractivity contribution in [3.8, 4) is 0 Å². The van der Waals surface area contributed by atoms with E-state index in [1.807, 2.05) is 0 Å². The van der Waals surface area contributed by atoms with Gasteiger partial charge in [0.15, 0.2) is 6.29 Å². The molecule has 0 aromatic rings. The molecule has 132 valence electrons. The van der Waals surface area contributed by atoms with Gasteiger partial charge in [0.1, 0.15) is 36.6 Å². The van der Waals surface area contributed by atoms with E-state index < -0.39 is 62.2 Å². The average Bonchev–Trinajstić information content (AvgIpc) is 2.51. The van der Waals surface area contributed by atoms with E-state index >= 15 is 0 Å². The van der Waals surface area contributed by atoms with E-state index in [2.05, 4.69) is 0 Å². The zero-order chi connectivity index (χ0) is 16.9. The summed E-state index contributed by atoms with van der Waals surface area (Å²) in [6.07, 6.45) is -12.0. The van der Waals surface area contributed by atoms with Crippen LogP contribution in [0.5, 0.6) is 0 Å². The van der Waals surface area contributed by atoms with E-state index in [1.165, 1.54) is 0 Å². The van der Waals surface area contributed by atoms with Crippen LogP contribution in [0.2, 0.25) is 0 Å². The fourth-order valence-electron chi connectivity index (χ4n) is 2.06. The van der Waals surface area contributed by atoms with Gasteiger partial charge in [0.2, 0.25) is 0 Å². The third kappa shape index (κ3) is 4.80. The number of ether oxygens (including phenoxy) is 2. The molecule has 10 heteroatoms. The van der Waals surface area contributed by atoms with Gasteiger partial charge in [0, 0.05) is 6.61 Å². The molecule has 1 aliphatic rings. The Bertz CT molecular complexity index is 314. The monoisotopic (exact) mass is 328 g/mol. The first-order chi connectivity index (χ1) is 10.3. The predicted octanol–water partition coefficient (Wildman–Crippen LogP) is -4.73. The van der Waals surface area contributed by atoms with Gasteiger partial charge in [-0.3, -0.25) is 0 Å². The summed E-state index contributed by atoms with van der Waals surface area (Å²) in [5.41, 5.74) is 0. The highest BCUT2D eigenvalue weighted by Gasteiger charge is 2.44. The molecule has 3 unspecified atom stereocenters. The molecule has 8 N–H and O–H groups in total. The predicted molar refractivity (Wildman–Crippen MR) is 69.4 cm³/mol. The Morgan fingerprint density at radius 3 is 2.09 bits per heavy atom. The molecule has 0 aliphatic carbocycles. The molecule has 0 bridgehead atoms. The van der Waals surface area contributed by atoms with E-state index in [0.29, 0.717) is 0 Å². The van der Waals surface area contributed by atoms with Crippen LogP contribution in [-0.2, 0) is 9.47 Å². The van der Waals surface area contributed by atoms with E-state index in [0.717, 1.165) is 0 Å². The lowest BCUT2D eigenvalue weighted by Crippen LogP contribution is -2.59. The third-order valence-corrected chi connectivity index (χ3v) is 3.49. The first kappa shape index (κ1) is 19.6. The van der Waals surface area contributed by atoms with E-state index in [9.17, 15) is 30.6 Å². The summed E-state index contributed by atoms with van der Waals surface area (Å²) in [7, 11) is 0. The van der Waals surface area contributed by atoms with Crippen molar-refractivity contribution in [3.63, 3.8) is 0 Å². The molecule has 1 rings (SSSR count). The number of rotatable bonds is 8. The lowest BCUT2D eigenvalue weighted by molar-refractivity contribution is -0.306. The second kappa shape index (κ2) is 9.03. The van der Waals surface area contributed by atoms with Crippen LogP contribution in [0.3, 0.4) is 0 Å². The molecule has 0 radical (unpaired) electrons.